The van der Waals surface area contributed by atoms with Crippen LogP contribution in [0.1, 0.15) is 26.4 Å². The highest BCUT2D eigenvalue weighted by atomic mass is 16.2. The zero-order chi connectivity index (χ0) is 15.4. The molecule has 0 aliphatic carbocycles. The van der Waals surface area contributed by atoms with Crippen LogP contribution >= 0.6 is 0 Å². The van der Waals surface area contributed by atoms with Crippen LogP contribution in [0.5, 0.6) is 0 Å². The lowest BCUT2D eigenvalue weighted by Gasteiger charge is -2.09. The van der Waals surface area contributed by atoms with Crippen molar-refractivity contribution in [3.05, 3.63) is 63.6 Å². The van der Waals surface area contributed by atoms with Crippen LogP contribution in [0.2, 0.25) is 0 Å². The lowest BCUT2D eigenvalue weighted by atomic mass is 10.1. The first-order valence-electron chi connectivity index (χ1n) is 6.34. The Hall–Kier alpha value is -2.89. The molecule has 1 heterocycles. The Labute approximate surface area is 121 Å². The highest BCUT2D eigenvalue weighted by Gasteiger charge is 2.15. The predicted octanol–water partition coefficient (Wildman–Crippen LogP) is 1.30. The number of aromatic nitrogens is 1. The number of aromatic amines is 1. The summed E-state index contributed by atoms with van der Waals surface area (Å²) in [7, 11) is 1.51. The summed E-state index contributed by atoms with van der Waals surface area (Å²) in [4.78, 5) is 38.5. The Kier molecular flexibility index (Phi) is 4.18. The molecule has 0 fully saturated rings. The molecule has 0 saturated carbocycles. The third-order valence-corrected chi connectivity index (χ3v) is 2.95. The van der Waals surface area contributed by atoms with Crippen molar-refractivity contribution in [1.82, 2.24) is 10.3 Å². The summed E-state index contributed by atoms with van der Waals surface area (Å²) < 4.78 is 0. The molecular weight excluding hydrogens is 270 g/mol. The highest BCUT2D eigenvalue weighted by Crippen LogP contribution is 2.15. The lowest BCUT2D eigenvalue weighted by molar-refractivity contribution is 0.0964. The summed E-state index contributed by atoms with van der Waals surface area (Å²) in [6, 6.07) is 7.93. The Balaban J connectivity index is 2.32. The second-order valence-corrected chi connectivity index (χ2v) is 4.47. The van der Waals surface area contributed by atoms with E-state index in [9.17, 15) is 14.4 Å². The molecule has 1 aromatic heterocycles. The minimum atomic E-state index is -0.562. The zero-order valence-corrected chi connectivity index (χ0v) is 11.7. The van der Waals surface area contributed by atoms with Gasteiger partial charge in [0.1, 0.15) is 5.56 Å². The monoisotopic (exact) mass is 285 g/mol. The number of nitrogens with one attached hydrogen (secondary N) is 3. The first kappa shape index (κ1) is 14.5. The molecule has 0 atom stereocenters. The Morgan fingerprint density at radius 1 is 1.10 bits per heavy atom. The summed E-state index contributed by atoms with van der Waals surface area (Å²) in [6.45, 7) is 1.73. The van der Waals surface area contributed by atoms with Gasteiger partial charge in [0.15, 0.2) is 5.43 Å². The molecule has 2 rings (SSSR count). The largest absolute Gasteiger partial charge is 0.364 e. The van der Waals surface area contributed by atoms with E-state index in [2.05, 4.69) is 15.6 Å². The minimum absolute atomic E-state index is 0.00712. The van der Waals surface area contributed by atoms with Gasteiger partial charge in [0.05, 0.1) is 11.3 Å². The minimum Gasteiger partial charge on any atom is -0.364 e. The van der Waals surface area contributed by atoms with E-state index in [4.69, 9.17) is 0 Å². The van der Waals surface area contributed by atoms with E-state index in [-0.39, 0.29) is 16.9 Å². The van der Waals surface area contributed by atoms with Crippen LogP contribution in [0.15, 0.2) is 41.3 Å². The number of H-pyrrole nitrogens is 1. The molecule has 6 nitrogen and oxygen atoms in total. The van der Waals surface area contributed by atoms with Crippen molar-refractivity contribution in [2.24, 2.45) is 0 Å². The number of aryl methyl sites for hydroxylation is 1. The third kappa shape index (κ3) is 3.17. The van der Waals surface area contributed by atoms with E-state index >= 15 is 0 Å². The molecule has 2 amide bonds. The molecule has 108 valence electrons. The highest BCUT2D eigenvalue weighted by molar-refractivity contribution is 6.08. The predicted molar refractivity (Wildman–Crippen MR) is 79.6 cm³/mol. The van der Waals surface area contributed by atoms with Crippen LogP contribution in [-0.4, -0.2) is 23.8 Å². The number of hydrogen-bond acceptors (Lipinski definition) is 3. The third-order valence-electron chi connectivity index (χ3n) is 2.95. The Morgan fingerprint density at radius 2 is 1.81 bits per heavy atom. The van der Waals surface area contributed by atoms with Crippen molar-refractivity contribution < 1.29 is 9.59 Å². The van der Waals surface area contributed by atoms with Crippen LogP contribution in [0, 0.1) is 6.92 Å². The van der Waals surface area contributed by atoms with Crippen molar-refractivity contribution in [2.45, 2.75) is 6.92 Å². The maximum absolute atomic E-state index is 12.1. The van der Waals surface area contributed by atoms with Gasteiger partial charge in [-0.15, -0.1) is 0 Å². The van der Waals surface area contributed by atoms with Gasteiger partial charge in [-0.05, 0) is 19.1 Å². The zero-order valence-electron chi connectivity index (χ0n) is 11.7. The fourth-order valence-corrected chi connectivity index (χ4v) is 1.87. The first-order valence-corrected chi connectivity index (χ1v) is 6.34. The fraction of sp³-hybridized carbons (Fsp3) is 0.133. The van der Waals surface area contributed by atoms with E-state index in [1.165, 1.54) is 19.3 Å². The number of anilines is 1. The second-order valence-electron chi connectivity index (χ2n) is 4.47. The SMILES string of the molecule is CNC(=O)c1ccccc1NC(=O)c1c[nH]c(C)cc1=O. The lowest BCUT2D eigenvalue weighted by Crippen LogP contribution is -2.24. The van der Waals surface area contributed by atoms with Gasteiger partial charge in [-0.2, -0.15) is 0 Å². The maximum atomic E-state index is 12.1. The van der Waals surface area contributed by atoms with Crippen LogP contribution in [0.4, 0.5) is 5.69 Å². The summed E-state index contributed by atoms with van der Waals surface area (Å²) in [5.74, 6) is -0.878. The first-order chi connectivity index (χ1) is 10.0. The summed E-state index contributed by atoms with van der Waals surface area (Å²) in [6.07, 6.45) is 1.36. The van der Waals surface area contributed by atoms with Crippen molar-refractivity contribution in [2.75, 3.05) is 12.4 Å². The normalized spacial score (nSPS) is 10.0. The standard InChI is InChI=1S/C15H15N3O3/c1-9-7-13(19)11(8-17-9)15(21)18-12-6-4-3-5-10(12)14(20)16-2/h3-8H,1-2H3,(H,16,20)(H,17,19)(H,18,21). The molecule has 0 radical (unpaired) electrons. The molecule has 0 bridgehead atoms. The van der Waals surface area contributed by atoms with Crippen molar-refractivity contribution in [3.8, 4) is 0 Å². The van der Waals surface area contributed by atoms with Gasteiger partial charge in [-0.1, -0.05) is 12.1 Å². The topological polar surface area (TPSA) is 91.1 Å². The Bertz CT molecular complexity index is 750. The second kappa shape index (κ2) is 6.04. The van der Waals surface area contributed by atoms with Gasteiger partial charge in [-0.25, -0.2) is 0 Å². The van der Waals surface area contributed by atoms with Crippen molar-refractivity contribution in [1.29, 1.82) is 0 Å². The summed E-state index contributed by atoms with van der Waals surface area (Å²) in [5.41, 5.74) is 0.967. The van der Waals surface area contributed by atoms with Gasteiger partial charge in [0.25, 0.3) is 11.8 Å². The smallest absolute Gasteiger partial charge is 0.261 e. The molecule has 3 N–H and O–H groups in total. The van der Waals surface area contributed by atoms with Crippen molar-refractivity contribution >= 4 is 17.5 Å². The van der Waals surface area contributed by atoms with E-state index in [1.807, 2.05) is 0 Å². The molecule has 2 aromatic rings. The van der Waals surface area contributed by atoms with E-state index in [0.29, 0.717) is 16.9 Å². The molecule has 0 aliphatic rings. The van der Waals surface area contributed by atoms with Crippen LogP contribution in [0.3, 0.4) is 0 Å². The van der Waals surface area contributed by atoms with E-state index in [0.717, 1.165) is 0 Å². The van der Waals surface area contributed by atoms with Gasteiger partial charge < -0.3 is 15.6 Å². The average Bonchev–Trinajstić information content (AvgIpc) is 2.46. The van der Waals surface area contributed by atoms with Gasteiger partial charge in [0, 0.05) is 25.0 Å². The molecular formula is C15H15N3O3. The summed E-state index contributed by atoms with van der Waals surface area (Å²) >= 11 is 0. The number of benzene rings is 1. The van der Waals surface area contributed by atoms with Crippen LogP contribution in [0.25, 0.3) is 0 Å². The Morgan fingerprint density at radius 3 is 2.48 bits per heavy atom. The number of pyridine rings is 1. The molecule has 6 heteroatoms. The van der Waals surface area contributed by atoms with Gasteiger partial charge in [0.2, 0.25) is 0 Å². The average molecular weight is 285 g/mol. The quantitative estimate of drug-likeness (QED) is 0.793. The number of rotatable bonds is 3. The number of hydrogen-bond donors (Lipinski definition) is 3. The van der Waals surface area contributed by atoms with Crippen LogP contribution < -0.4 is 16.1 Å². The van der Waals surface area contributed by atoms with Crippen molar-refractivity contribution in [3.63, 3.8) is 0 Å². The molecule has 1 aromatic carbocycles. The maximum Gasteiger partial charge on any atom is 0.261 e. The molecule has 0 unspecified atom stereocenters. The molecule has 0 spiro atoms. The number of para-hydroxylation sites is 1. The number of carbonyl (C=O) groups excluding carboxylic acids is 2. The summed E-state index contributed by atoms with van der Waals surface area (Å²) in [5, 5.41) is 5.08. The molecule has 0 aliphatic heterocycles. The molecule has 0 saturated heterocycles. The number of carbonyl (C=O) groups is 2. The molecule has 21 heavy (non-hydrogen) atoms. The van der Waals surface area contributed by atoms with E-state index in [1.54, 1.807) is 31.2 Å². The van der Waals surface area contributed by atoms with Crippen LogP contribution in [-0.2, 0) is 0 Å². The van der Waals surface area contributed by atoms with Gasteiger partial charge >= 0.3 is 0 Å². The van der Waals surface area contributed by atoms with Gasteiger partial charge in [-0.3, -0.25) is 14.4 Å². The number of amides is 2. The van der Waals surface area contributed by atoms with E-state index < -0.39 is 5.91 Å². The fourth-order valence-electron chi connectivity index (χ4n) is 1.87.